The van der Waals surface area contributed by atoms with Crippen molar-refractivity contribution in [2.45, 2.75) is 12.5 Å². The third-order valence-corrected chi connectivity index (χ3v) is 2.41. The Morgan fingerprint density at radius 1 is 1.56 bits per heavy atom. The van der Waals surface area contributed by atoms with Gasteiger partial charge in [-0.05, 0) is 23.8 Å². The Kier molecular flexibility index (Phi) is 2.60. The summed E-state index contributed by atoms with van der Waals surface area (Å²) < 4.78 is 22.3. The van der Waals surface area contributed by atoms with Crippen molar-refractivity contribution in [1.29, 1.82) is 0 Å². The molecule has 1 aromatic rings. The minimum absolute atomic E-state index is 0.144. The van der Waals surface area contributed by atoms with Crippen molar-refractivity contribution in [3.63, 3.8) is 0 Å². The molecular formula is C11H9FO4. The Hall–Kier alpha value is -1.91. The zero-order valence-electron chi connectivity index (χ0n) is 8.53. The van der Waals surface area contributed by atoms with Gasteiger partial charge in [0, 0.05) is 6.42 Å². The molecule has 1 aromatic carbocycles. The van der Waals surface area contributed by atoms with Crippen LogP contribution in [0.5, 0.6) is 0 Å². The number of cyclic esters (lactones) is 1. The lowest BCUT2D eigenvalue weighted by molar-refractivity contribution is -0.151. The van der Waals surface area contributed by atoms with Crippen molar-refractivity contribution < 1.29 is 23.5 Å². The van der Waals surface area contributed by atoms with Crippen molar-refractivity contribution in [2.75, 3.05) is 7.11 Å². The highest BCUT2D eigenvalue weighted by Gasteiger charge is 2.32. The first-order valence-corrected chi connectivity index (χ1v) is 4.69. The number of methoxy groups -OCH3 is 1. The summed E-state index contributed by atoms with van der Waals surface area (Å²) in [4.78, 5) is 22.7. The zero-order valence-corrected chi connectivity index (χ0v) is 8.53. The number of hydrogen-bond acceptors (Lipinski definition) is 4. The lowest BCUT2D eigenvalue weighted by atomic mass is 9.98. The molecule has 0 bridgehead atoms. The standard InChI is InChI=1S/C11H9FO4/c1-15-11(14)9-5-6-4-7(12)2-3-8(6)10(13)16-9/h2-4,9H,5H2,1H3. The van der Waals surface area contributed by atoms with Crippen molar-refractivity contribution in [3.8, 4) is 0 Å². The molecular weight excluding hydrogens is 215 g/mol. The van der Waals surface area contributed by atoms with E-state index in [0.717, 1.165) is 0 Å². The first-order chi connectivity index (χ1) is 7.61. The molecule has 0 amide bonds. The summed E-state index contributed by atoms with van der Waals surface area (Å²) in [5.74, 6) is -1.71. The Balaban J connectivity index is 2.34. The van der Waals surface area contributed by atoms with Gasteiger partial charge in [-0.25, -0.2) is 14.0 Å². The third kappa shape index (κ3) is 1.76. The maximum atomic E-state index is 13.0. The van der Waals surface area contributed by atoms with Gasteiger partial charge in [0.15, 0.2) is 0 Å². The van der Waals surface area contributed by atoms with Crippen molar-refractivity contribution >= 4 is 11.9 Å². The van der Waals surface area contributed by atoms with Crippen LogP contribution in [0.25, 0.3) is 0 Å². The molecule has 84 valence electrons. The number of halogens is 1. The van der Waals surface area contributed by atoms with E-state index in [1.807, 2.05) is 0 Å². The molecule has 0 fully saturated rings. The van der Waals surface area contributed by atoms with Crippen molar-refractivity contribution in [3.05, 3.63) is 35.1 Å². The number of rotatable bonds is 1. The smallest absolute Gasteiger partial charge is 0.347 e. The molecule has 2 rings (SSSR count). The number of benzene rings is 1. The normalized spacial score (nSPS) is 18.6. The van der Waals surface area contributed by atoms with E-state index in [1.165, 1.54) is 25.3 Å². The number of esters is 2. The minimum atomic E-state index is -0.980. The maximum Gasteiger partial charge on any atom is 0.347 e. The van der Waals surface area contributed by atoms with Gasteiger partial charge < -0.3 is 9.47 Å². The Bertz CT molecular complexity index is 455. The quantitative estimate of drug-likeness (QED) is 0.670. The molecule has 0 saturated carbocycles. The Labute approximate surface area is 91.0 Å². The minimum Gasteiger partial charge on any atom is -0.466 e. The molecule has 0 N–H and O–H groups in total. The van der Waals surface area contributed by atoms with Gasteiger partial charge in [0.2, 0.25) is 6.10 Å². The average Bonchev–Trinajstić information content (AvgIpc) is 2.27. The Morgan fingerprint density at radius 2 is 2.31 bits per heavy atom. The molecule has 0 aromatic heterocycles. The van der Waals surface area contributed by atoms with E-state index in [9.17, 15) is 14.0 Å². The van der Waals surface area contributed by atoms with Crippen LogP contribution in [-0.2, 0) is 20.7 Å². The summed E-state index contributed by atoms with van der Waals surface area (Å²) in [6.45, 7) is 0. The van der Waals surface area contributed by atoms with Crippen LogP contribution in [0.1, 0.15) is 15.9 Å². The summed E-state index contributed by atoms with van der Waals surface area (Å²) in [6.07, 6.45) is -0.835. The Morgan fingerprint density at radius 3 is 3.00 bits per heavy atom. The van der Waals surface area contributed by atoms with Gasteiger partial charge in [0.05, 0.1) is 12.7 Å². The fourth-order valence-electron chi connectivity index (χ4n) is 1.63. The average molecular weight is 224 g/mol. The molecule has 1 atom stereocenters. The summed E-state index contributed by atoms with van der Waals surface area (Å²) in [5.41, 5.74) is 0.758. The summed E-state index contributed by atoms with van der Waals surface area (Å²) in [5, 5.41) is 0. The van der Waals surface area contributed by atoms with Crippen LogP contribution in [0.15, 0.2) is 18.2 Å². The van der Waals surface area contributed by atoms with Crippen LogP contribution in [0, 0.1) is 5.82 Å². The van der Waals surface area contributed by atoms with Crippen LogP contribution in [0.3, 0.4) is 0 Å². The largest absolute Gasteiger partial charge is 0.466 e. The van der Waals surface area contributed by atoms with Crippen molar-refractivity contribution in [1.82, 2.24) is 0 Å². The summed E-state index contributed by atoms with van der Waals surface area (Å²) in [6, 6.07) is 3.75. The lowest BCUT2D eigenvalue weighted by Gasteiger charge is -2.22. The van der Waals surface area contributed by atoms with Gasteiger partial charge in [0.25, 0.3) is 0 Å². The second-order valence-electron chi connectivity index (χ2n) is 3.42. The number of carbonyl (C=O) groups excluding carboxylic acids is 2. The van der Waals surface area contributed by atoms with E-state index < -0.39 is 23.9 Å². The van der Waals surface area contributed by atoms with E-state index in [4.69, 9.17) is 4.74 Å². The van der Waals surface area contributed by atoms with E-state index in [0.29, 0.717) is 11.1 Å². The van der Waals surface area contributed by atoms with Crippen LogP contribution < -0.4 is 0 Å². The van der Waals surface area contributed by atoms with E-state index in [2.05, 4.69) is 4.74 Å². The van der Waals surface area contributed by atoms with Gasteiger partial charge in [-0.3, -0.25) is 0 Å². The molecule has 0 spiro atoms. The fraction of sp³-hybridized carbons (Fsp3) is 0.273. The number of fused-ring (bicyclic) bond motifs is 1. The van der Waals surface area contributed by atoms with Gasteiger partial charge >= 0.3 is 11.9 Å². The summed E-state index contributed by atoms with van der Waals surface area (Å²) in [7, 11) is 1.21. The number of carbonyl (C=O) groups is 2. The second-order valence-corrected chi connectivity index (χ2v) is 3.42. The molecule has 5 heteroatoms. The molecule has 0 aliphatic carbocycles. The van der Waals surface area contributed by atoms with Crippen LogP contribution >= 0.6 is 0 Å². The molecule has 1 aliphatic heterocycles. The molecule has 1 heterocycles. The topological polar surface area (TPSA) is 52.6 Å². The van der Waals surface area contributed by atoms with E-state index >= 15 is 0 Å². The van der Waals surface area contributed by atoms with Gasteiger partial charge in [-0.15, -0.1) is 0 Å². The van der Waals surface area contributed by atoms with Crippen LogP contribution in [0.2, 0.25) is 0 Å². The highest BCUT2D eigenvalue weighted by Crippen LogP contribution is 2.22. The number of hydrogen-bond donors (Lipinski definition) is 0. The first kappa shape index (κ1) is 10.6. The van der Waals surface area contributed by atoms with Crippen LogP contribution in [0.4, 0.5) is 4.39 Å². The zero-order chi connectivity index (χ0) is 11.7. The predicted octanol–water partition coefficient (Wildman–Crippen LogP) is 1.08. The van der Waals surface area contributed by atoms with Gasteiger partial charge in [-0.2, -0.15) is 0 Å². The third-order valence-electron chi connectivity index (χ3n) is 2.41. The van der Waals surface area contributed by atoms with Crippen molar-refractivity contribution in [2.24, 2.45) is 0 Å². The van der Waals surface area contributed by atoms with E-state index in [1.54, 1.807) is 0 Å². The fourth-order valence-corrected chi connectivity index (χ4v) is 1.63. The lowest BCUT2D eigenvalue weighted by Crippen LogP contribution is -2.35. The first-order valence-electron chi connectivity index (χ1n) is 4.69. The molecule has 1 aliphatic rings. The monoisotopic (exact) mass is 224 g/mol. The van der Waals surface area contributed by atoms with E-state index in [-0.39, 0.29) is 6.42 Å². The van der Waals surface area contributed by atoms with Gasteiger partial charge in [-0.1, -0.05) is 0 Å². The second kappa shape index (κ2) is 3.92. The van der Waals surface area contributed by atoms with Gasteiger partial charge in [0.1, 0.15) is 5.82 Å². The molecule has 16 heavy (non-hydrogen) atoms. The molecule has 0 radical (unpaired) electrons. The molecule has 0 saturated heterocycles. The highest BCUT2D eigenvalue weighted by molar-refractivity contribution is 5.94. The highest BCUT2D eigenvalue weighted by atomic mass is 19.1. The predicted molar refractivity (Wildman–Crippen MR) is 51.3 cm³/mol. The maximum absolute atomic E-state index is 13.0. The summed E-state index contributed by atoms with van der Waals surface area (Å²) >= 11 is 0. The van der Waals surface area contributed by atoms with Crippen LogP contribution in [-0.4, -0.2) is 25.2 Å². The molecule has 4 nitrogen and oxygen atoms in total. The number of ether oxygens (including phenoxy) is 2. The molecule has 1 unspecified atom stereocenters. The SMILES string of the molecule is COC(=O)C1Cc2cc(F)ccc2C(=O)O1.